The third-order valence-electron chi connectivity index (χ3n) is 5.29. The van der Waals surface area contributed by atoms with Gasteiger partial charge in [-0.1, -0.05) is 12.2 Å². The molecule has 130 valence electrons. The summed E-state index contributed by atoms with van der Waals surface area (Å²) in [6.45, 7) is 7.55. The maximum absolute atomic E-state index is 12.3. The van der Waals surface area contributed by atoms with Crippen LogP contribution in [0.15, 0.2) is 12.2 Å². The van der Waals surface area contributed by atoms with Crippen molar-refractivity contribution in [3.8, 4) is 0 Å². The number of carboxylic acids is 2. The van der Waals surface area contributed by atoms with E-state index >= 15 is 0 Å². The van der Waals surface area contributed by atoms with E-state index in [-0.39, 0.29) is 12.8 Å². The fraction of sp³-hybridized carbons (Fsp3) is 0.765. The van der Waals surface area contributed by atoms with Gasteiger partial charge < -0.3 is 15.3 Å². The van der Waals surface area contributed by atoms with Gasteiger partial charge in [-0.3, -0.25) is 14.5 Å². The molecule has 6 nitrogen and oxygen atoms in total. The summed E-state index contributed by atoms with van der Waals surface area (Å²) in [5, 5.41) is 30.0. The van der Waals surface area contributed by atoms with Crippen molar-refractivity contribution in [3.05, 3.63) is 12.2 Å². The zero-order valence-corrected chi connectivity index (χ0v) is 14.2. The van der Waals surface area contributed by atoms with E-state index in [0.29, 0.717) is 12.8 Å². The highest BCUT2D eigenvalue weighted by molar-refractivity contribution is 5.88. The van der Waals surface area contributed by atoms with Crippen LogP contribution in [0.3, 0.4) is 0 Å². The lowest BCUT2D eigenvalue weighted by Crippen LogP contribution is -2.75. The van der Waals surface area contributed by atoms with Gasteiger partial charge in [-0.05, 0) is 53.4 Å². The van der Waals surface area contributed by atoms with Gasteiger partial charge >= 0.3 is 11.9 Å². The van der Waals surface area contributed by atoms with Gasteiger partial charge in [-0.25, -0.2) is 0 Å². The number of hydrogen-bond donors (Lipinski definition) is 3. The molecule has 2 rings (SSSR count). The minimum Gasteiger partial charge on any atom is -0.481 e. The van der Waals surface area contributed by atoms with Gasteiger partial charge in [0.2, 0.25) is 0 Å². The predicted molar refractivity (Wildman–Crippen MR) is 85.1 cm³/mol. The van der Waals surface area contributed by atoms with Crippen molar-refractivity contribution in [3.63, 3.8) is 0 Å². The number of carbonyl (C=O) groups is 2. The molecule has 2 atom stereocenters. The van der Waals surface area contributed by atoms with Crippen LogP contribution in [0.5, 0.6) is 0 Å². The normalized spacial score (nSPS) is 34.2. The Morgan fingerprint density at radius 3 is 2.00 bits per heavy atom. The molecule has 1 heterocycles. The van der Waals surface area contributed by atoms with Gasteiger partial charge in [0.25, 0.3) is 0 Å². The maximum Gasteiger partial charge on any atom is 0.325 e. The highest BCUT2D eigenvalue weighted by Crippen LogP contribution is 2.49. The SMILES string of the molecule is CC1(C)CC(O)CC(C)(C)N1C1(C(=O)O)CC=CCC1C(=O)O. The average molecular weight is 325 g/mol. The quantitative estimate of drug-likeness (QED) is 0.685. The zero-order valence-electron chi connectivity index (χ0n) is 14.2. The zero-order chi connectivity index (χ0) is 17.6. The molecule has 23 heavy (non-hydrogen) atoms. The van der Waals surface area contributed by atoms with E-state index < -0.39 is 40.6 Å². The Bertz CT molecular complexity index is 521. The molecule has 1 fully saturated rings. The van der Waals surface area contributed by atoms with Crippen LogP contribution in [-0.4, -0.2) is 54.9 Å². The Morgan fingerprint density at radius 2 is 1.57 bits per heavy atom. The van der Waals surface area contributed by atoms with Crippen molar-refractivity contribution in [2.45, 2.75) is 76.1 Å². The molecule has 2 aliphatic rings. The summed E-state index contributed by atoms with van der Waals surface area (Å²) in [5.74, 6) is -3.21. The number of hydrogen-bond acceptors (Lipinski definition) is 4. The lowest BCUT2D eigenvalue weighted by Gasteiger charge is -2.62. The molecule has 2 unspecified atom stereocenters. The number of carboxylic acid groups (broad SMARTS) is 2. The number of aliphatic carboxylic acids is 2. The Balaban J connectivity index is 2.66. The fourth-order valence-corrected chi connectivity index (χ4v) is 5.02. The Morgan fingerprint density at radius 1 is 1.04 bits per heavy atom. The molecule has 1 aliphatic carbocycles. The van der Waals surface area contributed by atoms with Crippen LogP contribution in [0, 0.1) is 5.92 Å². The van der Waals surface area contributed by atoms with Crippen LogP contribution < -0.4 is 0 Å². The third-order valence-corrected chi connectivity index (χ3v) is 5.29. The Kier molecular flexibility index (Phi) is 4.37. The number of allylic oxidation sites excluding steroid dienone is 1. The van der Waals surface area contributed by atoms with E-state index in [4.69, 9.17) is 0 Å². The smallest absolute Gasteiger partial charge is 0.325 e. The largest absolute Gasteiger partial charge is 0.481 e. The van der Waals surface area contributed by atoms with Crippen LogP contribution >= 0.6 is 0 Å². The minimum atomic E-state index is -1.51. The van der Waals surface area contributed by atoms with E-state index in [0.717, 1.165) is 0 Å². The van der Waals surface area contributed by atoms with Crippen LogP contribution in [0.4, 0.5) is 0 Å². The summed E-state index contributed by atoms with van der Waals surface area (Å²) >= 11 is 0. The molecule has 0 aromatic heterocycles. The average Bonchev–Trinajstić information content (AvgIpc) is 2.34. The molecule has 0 amide bonds. The summed E-state index contributed by atoms with van der Waals surface area (Å²) in [6.07, 6.45) is 4.19. The second kappa shape index (κ2) is 5.60. The molecule has 0 bridgehead atoms. The van der Waals surface area contributed by atoms with Crippen molar-refractivity contribution in [1.29, 1.82) is 0 Å². The van der Waals surface area contributed by atoms with Crippen molar-refractivity contribution in [2.24, 2.45) is 5.92 Å². The van der Waals surface area contributed by atoms with Gasteiger partial charge in [0.1, 0.15) is 5.54 Å². The summed E-state index contributed by atoms with van der Waals surface area (Å²) < 4.78 is 0. The second-order valence-electron chi connectivity index (χ2n) is 8.05. The second-order valence-corrected chi connectivity index (χ2v) is 8.05. The van der Waals surface area contributed by atoms with Crippen molar-refractivity contribution in [2.75, 3.05) is 0 Å². The number of aliphatic hydroxyl groups excluding tert-OH is 1. The lowest BCUT2D eigenvalue weighted by atomic mass is 9.66. The highest BCUT2D eigenvalue weighted by Gasteiger charge is 2.62. The van der Waals surface area contributed by atoms with E-state index in [9.17, 15) is 24.9 Å². The van der Waals surface area contributed by atoms with Gasteiger partial charge in [0, 0.05) is 11.1 Å². The van der Waals surface area contributed by atoms with Crippen LogP contribution in [0.25, 0.3) is 0 Å². The summed E-state index contributed by atoms with van der Waals surface area (Å²) in [4.78, 5) is 26.0. The fourth-order valence-electron chi connectivity index (χ4n) is 5.02. The van der Waals surface area contributed by atoms with E-state index in [1.807, 2.05) is 32.6 Å². The lowest BCUT2D eigenvalue weighted by molar-refractivity contribution is -0.196. The van der Waals surface area contributed by atoms with Gasteiger partial charge in [-0.15, -0.1) is 0 Å². The van der Waals surface area contributed by atoms with Gasteiger partial charge in [-0.2, -0.15) is 0 Å². The predicted octanol–water partition coefficient (Wildman–Crippen LogP) is 1.87. The topological polar surface area (TPSA) is 98.1 Å². The monoisotopic (exact) mass is 325 g/mol. The van der Waals surface area contributed by atoms with Gasteiger partial charge in [0.15, 0.2) is 0 Å². The van der Waals surface area contributed by atoms with E-state index in [2.05, 4.69) is 0 Å². The number of likely N-dealkylation sites (tertiary alicyclic amines) is 1. The maximum atomic E-state index is 12.3. The van der Waals surface area contributed by atoms with Crippen molar-refractivity contribution in [1.82, 2.24) is 4.90 Å². The molecule has 0 aromatic rings. The number of rotatable bonds is 3. The molecular formula is C17H27NO5. The van der Waals surface area contributed by atoms with Crippen LogP contribution in [-0.2, 0) is 9.59 Å². The molecule has 1 saturated heterocycles. The Hall–Kier alpha value is -1.40. The first-order valence-corrected chi connectivity index (χ1v) is 8.05. The molecular weight excluding hydrogens is 298 g/mol. The molecule has 0 spiro atoms. The molecule has 3 N–H and O–H groups in total. The summed E-state index contributed by atoms with van der Waals surface area (Å²) in [5.41, 5.74) is -2.76. The first-order valence-electron chi connectivity index (χ1n) is 8.05. The van der Waals surface area contributed by atoms with Crippen molar-refractivity contribution < 1.29 is 24.9 Å². The minimum absolute atomic E-state index is 0.155. The van der Waals surface area contributed by atoms with Crippen LogP contribution in [0.1, 0.15) is 53.4 Å². The summed E-state index contributed by atoms with van der Waals surface area (Å²) in [7, 11) is 0. The van der Waals surface area contributed by atoms with Crippen molar-refractivity contribution >= 4 is 11.9 Å². The molecule has 0 radical (unpaired) electrons. The molecule has 6 heteroatoms. The van der Waals surface area contributed by atoms with E-state index in [1.54, 1.807) is 12.2 Å². The first-order chi connectivity index (χ1) is 10.4. The first kappa shape index (κ1) is 17.9. The van der Waals surface area contributed by atoms with E-state index in [1.165, 1.54) is 0 Å². The van der Waals surface area contributed by atoms with Gasteiger partial charge in [0.05, 0.1) is 12.0 Å². The molecule has 0 aromatic carbocycles. The van der Waals surface area contributed by atoms with Crippen LogP contribution in [0.2, 0.25) is 0 Å². The summed E-state index contributed by atoms with van der Waals surface area (Å²) in [6, 6.07) is 0. The Labute approximate surface area is 136 Å². The number of piperidine rings is 1. The number of aliphatic hydroxyl groups is 1. The third kappa shape index (κ3) is 2.78. The highest BCUT2D eigenvalue weighted by atomic mass is 16.4. The standard InChI is InChI=1S/C17H27NO5/c1-15(2)9-11(19)10-16(3,4)18(15)17(14(22)23)8-6-5-7-12(17)13(20)21/h5-6,11-12,19H,7-10H2,1-4H3,(H,20,21)(H,22,23). The number of nitrogens with zero attached hydrogens (tertiary/aromatic N) is 1. The molecule has 0 saturated carbocycles. The molecule has 1 aliphatic heterocycles.